The highest BCUT2D eigenvalue weighted by Gasteiger charge is 2.53. The maximum Gasteiger partial charge on any atom is 0.223 e. The van der Waals surface area contributed by atoms with E-state index in [0.29, 0.717) is 32.2 Å². The number of nitriles is 1. The van der Waals surface area contributed by atoms with Crippen molar-refractivity contribution in [2.75, 3.05) is 0 Å². The predicted molar refractivity (Wildman–Crippen MR) is 66.0 cm³/mol. The van der Waals surface area contributed by atoms with Gasteiger partial charge in [-0.15, -0.1) is 11.3 Å². The van der Waals surface area contributed by atoms with E-state index in [1.54, 1.807) is 4.90 Å². The van der Waals surface area contributed by atoms with Gasteiger partial charge in [0.15, 0.2) is 5.78 Å². The first kappa shape index (κ1) is 11.4. The van der Waals surface area contributed by atoms with Gasteiger partial charge in [0.25, 0.3) is 0 Å². The molecule has 1 aromatic heterocycles. The van der Waals surface area contributed by atoms with Crippen LogP contribution in [0.5, 0.6) is 0 Å². The van der Waals surface area contributed by atoms with Gasteiger partial charge >= 0.3 is 0 Å². The van der Waals surface area contributed by atoms with Crippen LogP contribution in [0.15, 0.2) is 11.4 Å². The Morgan fingerprint density at radius 1 is 1.50 bits per heavy atom. The molecule has 0 aromatic carbocycles. The molecule has 1 amide bonds. The number of carbonyl (C=O) groups is 2. The summed E-state index contributed by atoms with van der Waals surface area (Å²) >= 11 is 1.52. The highest BCUT2D eigenvalue weighted by atomic mass is 32.1. The Kier molecular flexibility index (Phi) is 2.49. The fraction of sp³-hybridized carbons (Fsp3) is 0.462. The summed E-state index contributed by atoms with van der Waals surface area (Å²) in [6, 6.07) is 3.93. The summed E-state index contributed by atoms with van der Waals surface area (Å²) in [5.41, 5.74) is 0.0184. The Hall–Kier alpha value is -1.67. The molecule has 1 saturated heterocycles. The number of ketones is 1. The van der Waals surface area contributed by atoms with Crippen molar-refractivity contribution in [1.29, 1.82) is 5.26 Å². The van der Waals surface area contributed by atoms with E-state index < -0.39 is 5.54 Å². The molecule has 4 nitrogen and oxygen atoms in total. The lowest BCUT2D eigenvalue weighted by atomic mass is 9.80. The molecule has 0 saturated carbocycles. The summed E-state index contributed by atoms with van der Waals surface area (Å²) in [7, 11) is 0. The van der Waals surface area contributed by atoms with Crippen LogP contribution < -0.4 is 0 Å². The molecule has 2 aliphatic heterocycles. The van der Waals surface area contributed by atoms with Crippen LogP contribution in [0.2, 0.25) is 0 Å². The zero-order chi connectivity index (χ0) is 12.8. The van der Waals surface area contributed by atoms with E-state index in [1.165, 1.54) is 11.3 Å². The van der Waals surface area contributed by atoms with Gasteiger partial charge in [-0.05, 0) is 24.3 Å². The fourth-order valence-electron chi connectivity index (χ4n) is 2.99. The predicted octanol–water partition coefficient (Wildman–Crippen LogP) is 2.11. The first-order valence-electron chi connectivity index (χ1n) is 5.97. The molecule has 5 heteroatoms. The Balaban J connectivity index is 2.07. The van der Waals surface area contributed by atoms with Crippen molar-refractivity contribution in [2.45, 2.75) is 37.8 Å². The van der Waals surface area contributed by atoms with Crippen molar-refractivity contribution in [1.82, 2.24) is 4.90 Å². The first-order valence-corrected chi connectivity index (χ1v) is 6.85. The fourth-order valence-corrected chi connectivity index (χ4v) is 3.85. The van der Waals surface area contributed by atoms with Gasteiger partial charge in [-0.3, -0.25) is 9.59 Å². The van der Waals surface area contributed by atoms with Crippen LogP contribution in [0.25, 0.3) is 0 Å². The molecule has 1 fully saturated rings. The number of Topliss-reactive ketones (excluding diaryl/α,β-unsaturated/α-hetero) is 1. The minimum absolute atomic E-state index is 0.0334. The SMILES string of the molecule is N#CCC[C@]12CCC(=O)N1Cc1sccc1C2=O. The smallest absolute Gasteiger partial charge is 0.223 e. The highest BCUT2D eigenvalue weighted by Crippen LogP contribution is 2.43. The Morgan fingerprint density at radius 2 is 2.33 bits per heavy atom. The second-order valence-corrected chi connectivity index (χ2v) is 5.76. The van der Waals surface area contributed by atoms with Crippen molar-refractivity contribution in [3.63, 3.8) is 0 Å². The molecule has 0 spiro atoms. The molecule has 0 radical (unpaired) electrons. The van der Waals surface area contributed by atoms with Gasteiger partial charge in [-0.2, -0.15) is 5.26 Å². The number of fused-ring (bicyclic) bond motifs is 2. The van der Waals surface area contributed by atoms with Crippen molar-refractivity contribution in [2.24, 2.45) is 0 Å². The molecule has 18 heavy (non-hydrogen) atoms. The molecule has 0 N–H and O–H groups in total. The minimum Gasteiger partial charge on any atom is -0.324 e. The third-order valence-electron chi connectivity index (χ3n) is 3.93. The third kappa shape index (κ3) is 1.36. The number of hydrogen-bond acceptors (Lipinski definition) is 4. The highest BCUT2D eigenvalue weighted by molar-refractivity contribution is 7.10. The largest absolute Gasteiger partial charge is 0.324 e. The van der Waals surface area contributed by atoms with E-state index in [-0.39, 0.29) is 11.7 Å². The second kappa shape index (κ2) is 3.92. The quantitative estimate of drug-likeness (QED) is 0.818. The summed E-state index contributed by atoms with van der Waals surface area (Å²) in [6.45, 7) is 0.531. The summed E-state index contributed by atoms with van der Waals surface area (Å²) < 4.78 is 0. The average Bonchev–Trinajstić information content (AvgIpc) is 2.95. The van der Waals surface area contributed by atoms with Gasteiger partial charge in [-0.25, -0.2) is 0 Å². The van der Waals surface area contributed by atoms with Gasteiger partial charge in [0, 0.05) is 23.3 Å². The maximum absolute atomic E-state index is 12.6. The molecular formula is C13H12N2O2S. The summed E-state index contributed by atoms with van der Waals surface area (Å²) in [6.07, 6.45) is 1.76. The van der Waals surface area contributed by atoms with E-state index in [1.807, 2.05) is 11.4 Å². The van der Waals surface area contributed by atoms with Gasteiger partial charge < -0.3 is 4.90 Å². The lowest BCUT2D eigenvalue weighted by Gasteiger charge is -2.40. The van der Waals surface area contributed by atoms with Gasteiger partial charge in [0.2, 0.25) is 5.91 Å². The monoisotopic (exact) mass is 260 g/mol. The standard InChI is InChI=1S/C13H12N2O2S/c14-6-1-4-13-5-2-11(16)15(13)8-10-9(12(13)17)3-7-18-10/h3,7H,1-2,4-5,8H2/t13-/m1/s1. The van der Waals surface area contributed by atoms with Crippen LogP contribution in [0, 0.1) is 11.3 Å². The molecule has 0 bridgehead atoms. The first-order chi connectivity index (χ1) is 8.69. The van der Waals surface area contributed by atoms with Crippen molar-refractivity contribution in [3.05, 3.63) is 21.9 Å². The van der Waals surface area contributed by atoms with E-state index in [2.05, 4.69) is 6.07 Å². The molecular weight excluding hydrogens is 248 g/mol. The minimum atomic E-state index is -0.735. The van der Waals surface area contributed by atoms with Crippen LogP contribution >= 0.6 is 11.3 Å². The Bertz CT molecular complexity index is 572. The number of amides is 1. The van der Waals surface area contributed by atoms with Gasteiger partial charge in [0.1, 0.15) is 5.54 Å². The molecule has 92 valence electrons. The van der Waals surface area contributed by atoms with Crippen LogP contribution in [0.1, 0.15) is 40.9 Å². The zero-order valence-electron chi connectivity index (χ0n) is 9.81. The van der Waals surface area contributed by atoms with Crippen LogP contribution in [-0.4, -0.2) is 22.1 Å². The van der Waals surface area contributed by atoms with Crippen LogP contribution in [0.4, 0.5) is 0 Å². The molecule has 2 aliphatic rings. The normalized spacial score (nSPS) is 25.8. The molecule has 3 rings (SSSR count). The summed E-state index contributed by atoms with van der Waals surface area (Å²) in [4.78, 5) is 27.3. The number of thiophene rings is 1. The van der Waals surface area contributed by atoms with Gasteiger partial charge in [-0.1, -0.05) is 0 Å². The Labute approximate surface area is 109 Å². The average molecular weight is 260 g/mol. The van der Waals surface area contributed by atoms with E-state index in [9.17, 15) is 9.59 Å². The lowest BCUT2D eigenvalue weighted by Crippen LogP contribution is -2.54. The molecule has 1 aromatic rings. The maximum atomic E-state index is 12.6. The van der Waals surface area contributed by atoms with E-state index in [4.69, 9.17) is 5.26 Å². The van der Waals surface area contributed by atoms with Gasteiger partial charge in [0.05, 0.1) is 12.6 Å². The molecule has 0 aliphatic carbocycles. The van der Waals surface area contributed by atoms with Crippen molar-refractivity contribution >= 4 is 23.0 Å². The summed E-state index contributed by atoms with van der Waals surface area (Å²) in [5.74, 6) is 0.0754. The number of hydrogen-bond donors (Lipinski definition) is 0. The zero-order valence-corrected chi connectivity index (χ0v) is 10.6. The number of rotatable bonds is 2. The summed E-state index contributed by atoms with van der Waals surface area (Å²) in [5, 5.41) is 10.7. The molecule has 0 unspecified atom stereocenters. The van der Waals surface area contributed by atoms with E-state index >= 15 is 0 Å². The van der Waals surface area contributed by atoms with Crippen LogP contribution in [0.3, 0.4) is 0 Å². The lowest BCUT2D eigenvalue weighted by molar-refractivity contribution is -0.131. The van der Waals surface area contributed by atoms with Crippen molar-refractivity contribution < 1.29 is 9.59 Å². The van der Waals surface area contributed by atoms with Crippen molar-refractivity contribution in [3.8, 4) is 6.07 Å². The molecule has 1 atom stereocenters. The van der Waals surface area contributed by atoms with Crippen LogP contribution in [-0.2, 0) is 11.3 Å². The Morgan fingerprint density at radius 3 is 3.11 bits per heavy atom. The van der Waals surface area contributed by atoms with E-state index in [0.717, 1.165) is 10.4 Å². The topological polar surface area (TPSA) is 61.2 Å². The number of carbonyl (C=O) groups excluding carboxylic acids is 2. The second-order valence-electron chi connectivity index (χ2n) is 4.76. The third-order valence-corrected chi connectivity index (χ3v) is 4.84. The number of nitrogens with zero attached hydrogens (tertiary/aromatic N) is 2. The molecule has 3 heterocycles.